The van der Waals surface area contributed by atoms with Crippen LogP contribution in [0.25, 0.3) is 0 Å². The molecule has 0 aromatic heterocycles. The summed E-state index contributed by atoms with van der Waals surface area (Å²) in [6, 6.07) is 5.94. The van der Waals surface area contributed by atoms with E-state index in [1.54, 1.807) is 0 Å². The van der Waals surface area contributed by atoms with Crippen molar-refractivity contribution in [3.8, 4) is 0 Å². The molecule has 0 aliphatic carbocycles. The molecule has 0 spiro atoms. The predicted octanol–water partition coefficient (Wildman–Crippen LogP) is 4.29. The molecule has 0 saturated heterocycles. The van der Waals surface area contributed by atoms with Crippen molar-refractivity contribution in [3.63, 3.8) is 0 Å². The number of halogens is 6. The number of rotatable bonds is 7. The smallest absolute Gasteiger partial charge is 0.312 e. The standard InChI is InChI=1S/C18H12F6N4O6/c19-17(20,21)15(29)25-11-5-3-9(7-13(11)27(31)32)1-2-10-4-6-12(14(8-10)28(33)34)26-16(30)18(22,23)24/h3-8H,1-2H2,(H,25,29)(H,26,30). The van der Waals surface area contributed by atoms with Crippen LogP contribution in [0.3, 0.4) is 0 Å². The van der Waals surface area contributed by atoms with Gasteiger partial charge in [-0.15, -0.1) is 0 Å². The molecule has 0 radical (unpaired) electrons. The number of nitro groups is 2. The third-order valence-electron chi connectivity index (χ3n) is 4.23. The summed E-state index contributed by atoms with van der Waals surface area (Å²) in [4.78, 5) is 42.4. The van der Waals surface area contributed by atoms with Crippen molar-refractivity contribution in [1.29, 1.82) is 0 Å². The van der Waals surface area contributed by atoms with Crippen molar-refractivity contribution < 1.29 is 45.8 Å². The van der Waals surface area contributed by atoms with Crippen LogP contribution in [0.5, 0.6) is 0 Å². The van der Waals surface area contributed by atoms with Gasteiger partial charge >= 0.3 is 24.2 Å². The lowest BCUT2D eigenvalue weighted by atomic mass is 10.0. The molecule has 34 heavy (non-hydrogen) atoms. The van der Waals surface area contributed by atoms with Crippen LogP contribution >= 0.6 is 0 Å². The largest absolute Gasteiger partial charge is 0.471 e. The molecule has 2 aromatic carbocycles. The average Bonchev–Trinajstić information content (AvgIpc) is 2.71. The molecule has 2 amide bonds. The predicted molar refractivity (Wildman–Crippen MR) is 103 cm³/mol. The second-order valence-corrected chi connectivity index (χ2v) is 6.62. The second kappa shape index (κ2) is 9.72. The van der Waals surface area contributed by atoms with Gasteiger partial charge < -0.3 is 10.6 Å². The molecular weight excluding hydrogens is 482 g/mol. The SMILES string of the molecule is O=C(Nc1ccc(CCc2ccc(NC(=O)C(F)(F)F)c([N+](=O)[O-])c2)cc1[N+](=O)[O-])C(F)(F)F. The van der Waals surface area contributed by atoms with Gasteiger partial charge in [-0.3, -0.25) is 29.8 Å². The number of aryl methyl sites for hydroxylation is 2. The highest BCUT2D eigenvalue weighted by atomic mass is 19.4. The number of anilines is 2. The van der Waals surface area contributed by atoms with Gasteiger partial charge in [-0.05, 0) is 36.1 Å². The highest BCUT2D eigenvalue weighted by molar-refractivity contribution is 5.97. The first kappa shape index (κ1) is 26.0. The molecule has 0 aliphatic rings. The Hall–Kier alpha value is -4.24. The maximum atomic E-state index is 12.4. The Morgan fingerprint density at radius 1 is 0.706 bits per heavy atom. The quantitative estimate of drug-likeness (QED) is 0.334. The maximum Gasteiger partial charge on any atom is 0.471 e. The van der Waals surface area contributed by atoms with E-state index in [9.17, 15) is 56.2 Å². The van der Waals surface area contributed by atoms with Crippen LogP contribution in [0, 0.1) is 20.2 Å². The van der Waals surface area contributed by atoms with Crippen LogP contribution in [0.15, 0.2) is 36.4 Å². The van der Waals surface area contributed by atoms with Crippen LogP contribution < -0.4 is 10.6 Å². The highest BCUT2D eigenvalue weighted by Crippen LogP contribution is 2.30. The van der Waals surface area contributed by atoms with Gasteiger partial charge in [-0.25, -0.2) is 0 Å². The van der Waals surface area contributed by atoms with Gasteiger partial charge in [0.2, 0.25) is 0 Å². The maximum absolute atomic E-state index is 12.4. The summed E-state index contributed by atoms with van der Waals surface area (Å²) in [5.74, 6) is -4.82. The third-order valence-corrected chi connectivity index (χ3v) is 4.23. The molecule has 0 atom stereocenters. The molecule has 2 aromatic rings. The second-order valence-electron chi connectivity index (χ2n) is 6.62. The van der Waals surface area contributed by atoms with Crippen LogP contribution in [0.1, 0.15) is 11.1 Å². The van der Waals surface area contributed by atoms with E-state index in [0.717, 1.165) is 24.3 Å². The fraction of sp³-hybridized carbons (Fsp3) is 0.222. The summed E-state index contributed by atoms with van der Waals surface area (Å²) in [6.45, 7) is 0. The number of nitro benzene ring substituents is 2. The summed E-state index contributed by atoms with van der Waals surface area (Å²) in [7, 11) is 0. The molecule has 0 fully saturated rings. The normalized spacial score (nSPS) is 11.6. The summed E-state index contributed by atoms with van der Waals surface area (Å²) < 4.78 is 74.4. The Labute approximate surface area is 184 Å². The zero-order chi connectivity index (χ0) is 25.8. The van der Waals surface area contributed by atoms with Crippen LogP contribution in [-0.2, 0) is 22.4 Å². The lowest BCUT2D eigenvalue weighted by Gasteiger charge is -2.11. The summed E-state index contributed by atoms with van der Waals surface area (Å²) in [5.41, 5.74) is -2.62. The minimum absolute atomic E-state index is 0.0141. The van der Waals surface area contributed by atoms with Gasteiger partial charge in [-0.2, -0.15) is 26.3 Å². The number of carbonyl (C=O) groups is 2. The number of hydrogen-bond acceptors (Lipinski definition) is 6. The minimum Gasteiger partial charge on any atom is -0.312 e. The number of hydrogen-bond donors (Lipinski definition) is 2. The molecule has 0 saturated carbocycles. The van der Waals surface area contributed by atoms with E-state index in [0.29, 0.717) is 0 Å². The van der Waals surface area contributed by atoms with Gasteiger partial charge in [0.25, 0.3) is 11.4 Å². The van der Waals surface area contributed by atoms with Crippen molar-refractivity contribution in [3.05, 3.63) is 67.8 Å². The Bertz CT molecular complexity index is 1060. The van der Waals surface area contributed by atoms with Crippen molar-refractivity contribution in [2.45, 2.75) is 25.2 Å². The molecule has 2 N–H and O–H groups in total. The number of nitrogens with zero attached hydrogens (tertiary/aromatic N) is 2. The molecule has 0 bridgehead atoms. The lowest BCUT2D eigenvalue weighted by molar-refractivity contribution is -0.384. The first-order valence-electron chi connectivity index (χ1n) is 8.90. The lowest BCUT2D eigenvalue weighted by Crippen LogP contribution is -2.30. The monoisotopic (exact) mass is 494 g/mol. The van der Waals surface area contributed by atoms with E-state index in [1.165, 1.54) is 22.8 Å². The molecule has 16 heteroatoms. The summed E-state index contributed by atoms with van der Waals surface area (Å²) >= 11 is 0. The van der Waals surface area contributed by atoms with E-state index >= 15 is 0 Å². The van der Waals surface area contributed by atoms with Gasteiger partial charge in [0.1, 0.15) is 11.4 Å². The zero-order valence-electron chi connectivity index (χ0n) is 16.5. The summed E-state index contributed by atoms with van der Waals surface area (Å²) in [6.07, 6.45) is -10.6. The zero-order valence-corrected chi connectivity index (χ0v) is 16.5. The Morgan fingerprint density at radius 2 is 1.03 bits per heavy atom. The molecular formula is C18H12F6N4O6. The van der Waals surface area contributed by atoms with Crippen molar-refractivity contribution in [1.82, 2.24) is 0 Å². The number of benzene rings is 2. The molecule has 2 rings (SSSR count). The van der Waals surface area contributed by atoms with E-state index in [4.69, 9.17) is 0 Å². The van der Waals surface area contributed by atoms with Crippen LogP contribution in [-0.4, -0.2) is 34.0 Å². The Balaban J connectivity index is 2.22. The van der Waals surface area contributed by atoms with Crippen molar-refractivity contribution in [2.75, 3.05) is 10.6 Å². The van der Waals surface area contributed by atoms with Gasteiger partial charge in [-0.1, -0.05) is 12.1 Å². The minimum atomic E-state index is -5.27. The van der Waals surface area contributed by atoms with Crippen LogP contribution in [0.2, 0.25) is 0 Å². The van der Waals surface area contributed by atoms with Gasteiger partial charge in [0.05, 0.1) is 9.85 Å². The van der Waals surface area contributed by atoms with Crippen LogP contribution in [0.4, 0.5) is 49.1 Å². The third kappa shape index (κ3) is 6.63. The molecule has 0 unspecified atom stereocenters. The van der Waals surface area contributed by atoms with E-state index < -0.39 is 56.8 Å². The van der Waals surface area contributed by atoms with Crippen molar-refractivity contribution >= 4 is 34.6 Å². The number of amides is 2. The molecule has 10 nitrogen and oxygen atoms in total. The molecule has 182 valence electrons. The first-order valence-corrected chi connectivity index (χ1v) is 8.90. The first-order chi connectivity index (χ1) is 15.6. The topological polar surface area (TPSA) is 144 Å². The molecule has 0 aliphatic heterocycles. The number of alkyl halides is 6. The van der Waals surface area contributed by atoms with Crippen molar-refractivity contribution in [2.24, 2.45) is 0 Å². The fourth-order valence-electron chi connectivity index (χ4n) is 2.65. The van der Waals surface area contributed by atoms with Gasteiger partial charge in [0.15, 0.2) is 0 Å². The average molecular weight is 494 g/mol. The Morgan fingerprint density at radius 3 is 1.29 bits per heavy atom. The Kier molecular flexibility index (Phi) is 7.43. The van der Waals surface area contributed by atoms with E-state index in [-0.39, 0.29) is 24.0 Å². The summed E-state index contributed by atoms with van der Waals surface area (Å²) in [5, 5.41) is 25.1. The number of nitrogens with one attached hydrogen (secondary N) is 2. The van der Waals surface area contributed by atoms with E-state index in [1.807, 2.05) is 0 Å². The number of carbonyl (C=O) groups excluding carboxylic acids is 2. The fourth-order valence-corrected chi connectivity index (χ4v) is 2.65. The highest BCUT2D eigenvalue weighted by Gasteiger charge is 2.40. The molecule has 0 heterocycles. The van der Waals surface area contributed by atoms with E-state index in [2.05, 4.69) is 0 Å². The van der Waals surface area contributed by atoms with Gasteiger partial charge in [0, 0.05) is 12.1 Å².